The maximum absolute atomic E-state index is 5.99. The highest BCUT2D eigenvalue weighted by Gasteiger charge is 2.21. The first-order chi connectivity index (χ1) is 7.90. The summed E-state index contributed by atoms with van der Waals surface area (Å²) in [5, 5.41) is 1.40. The summed E-state index contributed by atoms with van der Waals surface area (Å²) in [6.45, 7) is 0.360. The van der Waals surface area contributed by atoms with Gasteiger partial charge in [0.2, 0.25) is 0 Å². The number of halogens is 7. The summed E-state index contributed by atoms with van der Waals surface area (Å²) in [4.78, 5) is 0.114. The van der Waals surface area contributed by atoms with Crippen LogP contribution in [0.15, 0.2) is 0 Å². The van der Waals surface area contributed by atoms with Crippen LogP contribution in [0.2, 0.25) is 25.1 Å². The lowest BCUT2D eigenvalue weighted by molar-refractivity contribution is 0.326. The van der Waals surface area contributed by atoms with Crippen molar-refractivity contribution >= 4 is 89.9 Å². The normalized spacial score (nSPS) is 12.6. The summed E-state index contributed by atoms with van der Waals surface area (Å²) in [5.41, 5.74) is 0. The maximum atomic E-state index is 5.99. The Balaban J connectivity index is 3.07. The van der Waals surface area contributed by atoms with E-state index >= 15 is 0 Å². The van der Waals surface area contributed by atoms with Crippen LogP contribution in [0.4, 0.5) is 0 Å². The van der Waals surface area contributed by atoms with Gasteiger partial charge in [-0.15, -0.1) is 0 Å². The highest BCUT2D eigenvalue weighted by molar-refractivity contribution is 9.12. The molecule has 0 amide bonds. The van der Waals surface area contributed by atoms with Crippen molar-refractivity contribution in [3.05, 3.63) is 25.1 Å². The molecule has 0 aliphatic rings. The van der Waals surface area contributed by atoms with Crippen molar-refractivity contribution in [2.75, 3.05) is 11.9 Å². The van der Waals surface area contributed by atoms with Gasteiger partial charge in [0.05, 0.1) is 19.9 Å². The molecule has 1 aromatic rings. The second-order valence-electron chi connectivity index (χ2n) is 2.96. The fourth-order valence-corrected chi connectivity index (χ4v) is 2.48. The minimum Gasteiger partial charge on any atom is -0.489 e. The molecule has 0 spiro atoms. The van der Waals surface area contributed by atoms with Gasteiger partial charge in [0, 0.05) is 5.33 Å². The van der Waals surface area contributed by atoms with Crippen LogP contribution in [-0.2, 0) is 0 Å². The second kappa shape index (κ2) is 7.28. The Hall–Kier alpha value is 1.43. The van der Waals surface area contributed by atoms with Crippen LogP contribution in [-0.4, -0.2) is 16.8 Å². The molecule has 1 atom stereocenters. The van der Waals surface area contributed by atoms with Crippen molar-refractivity contribution in [3.8, 4) is 5.75 Å². The lowest BCUT2D eigenvalue weighted by Gasteiger charge is -2.15. The van der Waals surface area contributed by atoms with Gasteiger partial charge in [-0.2, -0.15) is 0 Å². The molecule has 0 N–H and O–H groups in total. The molecule has 0 fully saturated rings. The second-order valence-corrected chi connectivity index (χ2v) is 6.79. The van der Waals surface area contributed by atoms with Crippen molar-refractivity contribution in [2.45, 2.75) is 4.83 Å². The molecule has 8 heteroatoms. The van der Waals surface area contributed by atoms with Gasteiger partial charge in [0.1, 0.15) is 16.7 Å². The molecule has 1 aromatic carbocycles. The van der Waals surface area contributed by atoms with Crippen LogP contribution in [0, 0.1) is 0 Å². The van der Waals surface area contributed by atoms with Gasteiger partial charge in [-0.05, 0) is 0 Å². The number of ether oxygens (including phenoxy) is 1. The summed E-state index contributed by atoms with van der Waals surface area (Å²) in [7, 11) is 0. The molecule has 0 saturated heterocycles. The molecule has 1 unspecified atom stereocenters. The number of hydrogen-bond donors (Lipinski definition) is 0. The van der Waals surface area contributed by atoms with E-state index in [-0.39, 0.29) is 35.7 Å². The Morgan fingerprint density at radius 1 is 0.882 bits per heavy atom. The molecule has 17 heavy (non-hydrogen) atoms. The van der Waals surface area contributed by atoms with Crippen LogP contribution in [0.1, 0.15) is 0 Å². The van der Waals surface area contributed by atoms with Crippen molar-refractivity contribution in [1.29, 1.82) is 0 Å². The van der Waals surface area contributed by atoms with E-state index < -0.39 is 0 Å². The lowest BCUT2D eigenvalue weighted by atomic mass is 10.3. The van der Waals surface area contributed by atoms with E-state index in [0.29, 0.717) is 6.61 Å². The van der Waals surface area contributed by atoms with E-state index in [2.05, 4.69) is 31.9 Å². The van der Waals surface area contributed by atoms with Crippen LogP contribution in [0.5, 0.6) is 5.75 Å². The van der Waals surface area contributed by atoms with Gasteiger partial charge >= 0.3 is 0 Å². The Morgan fingerprint density at radius 3 is 1.71 bits per heavy atom. The average Bonchev–Trinajstić information content (AvgIpc) is 2.33. The standard InChI is InChI=1S/C9H5Br2Cl5O/c10-1-3(11)2-17-9-7(15)5(13)4(12)6(14)8(9)16/h3H,1-2H2. The van der Waals surface area contributed by atoms with Crippen molar-refractivity contribution < 1.29 is 4.74 Å². The first-order valence-electron chi connectivity index (χ1n) is 4.24. The smallest absolute Gasteiger partial charge is 0.159 e. The quantitative estimate of drug-likeness (QED) is 0.280. The van der Waals surface area contributed by atoms with Gasteiger partial charge < -0.3 is 4.74 Å². The number of rotatable bonds is 4. The molecule has 0 aliphatic heterocycles. The predicted octanol–water partition coefficient (Wildman–Crippen LogP) is 6.49. The summed E-state index contributed by atoms with van der Waals surface area (Å²) in [5.74, 6) is 0.234. The van der Waals surface area contributed by atoms with Crippen molar-refractivity contribution in [1.82, 2.24) is 0 Å². The van der Waals surface area contributed by atoms with Crippen LogP contribution in [0.25, 0.3) is 0 Å². The van der Waals surface area contributed by atoms with Gasteiger partial charge in [-0.1, -0.05) is 89.9 Å². The lowest BCUT2D eigenvalue weighted by Crippen LogP contribution is -2.12. The topological polar surface area (TPSA) is 9.23 Å². The zero-order chi connectivity index (χ0) is 13.2. The SMILES string of the molecule is Clc1c(Cl)c(Cl)c(OCC(Br)CBr)c(Cl)c1Cl. The van der Waals surface area contributed by atoms with Crippen molar-refractivity contribution in [2.24, 2.45) is 0 Å². The molecule has 0 bridgehead atoms. The van der Waals surface area contributed by atoms with E-state index in [0.717, 1.165) is 5.33 Å². The zero-order valence-electron chi connectivity index (χ0n) is 8.05. The first-order valence-corrected chi connectivity index (χ1v) is 8.17. The average molecular weight is 466 g/mol. The minimum atomic E-state index is 0.114. The van der Waals surface area contributed by atoms with E-state index in [4.69, 9.17) is 62.7 Å². The molecule has 0 aliphatic carbocycles. The van der Waals surface area contributed by atoms with Gasteiger partial charge in [-0.25, -0.2) is 0 Å². The van der Waals surface area contributed by atoms with Crippen molar-refractivity contribution in [3.63, 3.8) is 0 Å². The molecular weight excluding hydrogens is 461 g/mol. The third kappa shape index (κ3) is 3.95. The molecule has 1 rings (SSSR count). The highest BCUT2D eigenvalue weighted by Crippen LogP contribution is 2.48. The molecule has 0 aromatic heterocycles. The fourth-order valence-electron chi connectivity index (χ4n) is 0.930. The highest BCUT2D eigenvalue weighted by atomic mass is 79.9. The Morgan fingerprint density at radius 2 is 1.29 bits per heavy atom. The third-order valence-electron chi connectivity index (χ3n) is 1.75. The third-order valence-corrected chi connectivity index (χ3v) is 6.23. The van der Waals surface area contributed by atoms with E-state index in [1.165, 1.54) is 0 Å². The van der Waals surface area contributed by atoms with E-state index in [1.54, 1.807) is 0 Å². The van der Waals surface area contributed by atoms with E-state index in [9.17, 15) is 0 Å². The first kappa shape index (κ1) is 16.5. The summed E-state index contributed by atoms with van der Waals surface area (Å²) < 4.78 is 5.47. The summed E-state index contributed by atoms with van der Waals surface area (Å²) in [6, 6.07) is 0. The van der Waals surface area contributed by atoms with E-state index in [1.807, 2.05) is 0 Å². The van der Waals surface area contributed by atoms with Gasteiger partial charge in [0.15, 0.2) is 5.75 Å². The van der Waals surface area contributed by atoms with Crippen LogP contribution in [0.3, 0.4) is 0 Å². The molecule has 0 saturated carbocycles. The van der Waals surface area contributed by atoms with Crippen LogP contribution < -0.4 is 4.74 Å². The Bertz CT molecular complexity index is 397. The molecule has 96 valence electrons. The number of hydrogen-bond acceptors (Lipinski definition) is 1. The van der Waals surface area contributed by atoms with Crippen LogP contribution >= 0.6 is 89.9 Å². The number of alkyl halides is 2. The number of benzene rings is 1. The Labute approximate surface area is 141 Å². The molecule has 0 radical (unpaired) electrons. The Kier molecular flexibility index (Phi) is 7.06. The van der Waals surface area contributed by atoms with Gasteiger partial charge in [0.25, 0.3) is 0 Å². The summed E-state index contributed by atoms with van der Waals surface area (Å²) in [6.07, 6.45) is 0. The maximum Gasteiger partial charge on any atom is 0.159 e. The molecule has 0 heterocycles. The predicted molar refractivity (Wildman–Crippen MR) is 83.5 cm³/mol. The summed E-state index contributed by atoms with van der Waals surface area (Å²) >= 11 is 36.3. The molecular formula is C9H5Br2Cl5O. The zero-order valence-corrected chi connectivity index (χ0v) is 15.0. The largest absolute Gasteiger partial charge is 0.489 e. The fraction of sp³-hybridized carbons (Fsp3) is 0.333. The monoisotopic (exact) mass is 462 g/mol. The molecule has 1 nitrogen and oxygen atoms in total. The van der Waals surface area contributed by atoms with Gasteiger partial charge in [-0.3, -0.25) is 0 Å². The minimum absolute atomic E-state index is 0.114.